The van der Waals surface area contributed by atoms with E-state index in [0.29, 0.717) is 11.6 Å². The van der Waals surface area contributed by atoms with Crippen molar-refractivity contribution in [3.8, 4) is 17.0 Å². The molecule has 0 N–H and O–H groups in total. The summed E-state index contributed by atoms with van der Waals surface area (Å²) in [5.74, 6) is 2.12. The zero-order valence-electron chi connectivity index (χ0n) is 21.6. The molecule has 192 valence electrons. The molecular weight excluding hydrogens is 468 g/mol. The molecule has 0 saturated carbocycles. The number of aromatic nitrogens is 6. The predicted octanol–water partition coefficient (Wildman–Crippen LogP) is 3.00. The van der Waals surface area contributed by atoms with Gasteiger partial charge in [-0.3, -0.25) is 4.90 Å². The zero-order valence-corrected chi connectivity index (χ0v) is 21.6. The molecule has 10 nitrogen and oxygen atoms in total. The number of morpholine rings is 1. The van der Waals surface area contributed by atoms with Crippen LogP contribution in [0, 0.1) is 20.8 Å². The Kier molecular flexibility index (Phi) is 6.43. The molecule has 10 heteroatoms. The van der Waals surface area contributed by atoms with Gasteiger partial charge >= 0.3 is 0 Å². The third-order valence-corrected chi connectivity index (χ3v) is 7.11. The number of hydrogen-bond donors (Lipinski definition) is 0. The summed E-state index contributed by atoms with van der Waals surface area (Å²) in [5.41, 5.74) is 5.90. The summed E-state index contributed by atoms with van der Waals surface area (Å²) in [6.07, 6.45) is 1.04. The van der Waals surface area contributed by atoms with E-state index in [2.05, 4.69) is 71.5 Å². The van der Waals surface area contributed by atoms with Gasteiger partial charge in [-0.15, -0.1) is 5.10 Å². The quantitative estimate of drug-likeness (QED) is 0.396. The van der Waals surface area contributed by atoms with E-state index in [1.54, 1.807) is 4.52 Å². The first-order valence-electron chi connectivity index (χ1n) is 12.9. The molecule has 2 saturated heterocycles. The summed E-state index contributed by atoms with van der Waals surface area (Å²) in [5, 5.41) is 13.4. The van der Waals surface area contributed by atoms with Crippen LogP contribution >= 0.6 is 0 Å². The Morgan fingerprint density at radius 2 is 1.76 bits per heavy atom. The molecule has 0 amide bonds. The highest BCUT2D eigenvalue weighted by molar-refractivity contribution is 5.63. The molecule has 2 aliphatic heterocycles. The lowest BCUT2D eigenvalue weighted by molar-refractivity contribution is 0.0335. The number of benzene rings is 1. The first-order chi connectivity index (χ1) is 18.0. The number of nitrogens with zero attached hydrogens (tertiary/aromatic N) is 8. The molecular formula is C27H32N8O2. The van der Waals surface area contributed by atoms with Crippen LogP contribution in [0.25, 0.3) is 17.0 Å². The van der Waals surface area contributed by atoms with Gasteiger partial charge in [0.05, 0.1) is 42.5 Å². The van der Waals surface area contributed by atoms with E-state index in [9.17, 15) is 0 Å². The van der Waals surface area contributed by atoms with E-state index in [4.69, 9.17) is 9.47 Å². The topological polar surface area (TPSA) is 93.8 Å². The van der Waals surface area contributed by atoms with Crippen molar-refractivity contribution in [1.29, 1.82) is 0 Å². The Bertz CT molecular complexity index is 1380. The fourth-order valence-electron chi connectivity index (χ4n) is 5.09. The summed E-state index contributed by atoms with van der Waals surface area (Å²) in [4.78, 5) is 13.7. The van der Waals surface area contributed by atoms with Gasteiger partial charge in [-0.05, 0) is 45.0 Å². The molecule has 0 radical (unpaired) electrons. The molecule has 1 aromatic carbocycles. The van der Waals surface area contributed by atoms with Crippen LogP contribution in [0.2, 0.25) is 0 Å². The van der Waals surface area contributed by atoms with Gasteiger partial charge in [0.15, 0.2) is 5.75 Å². The average molecular weight is 501 g/mol. The third-order valence-electron chi connectivity index (χ3n) is 7.11. The Hall–Kier alpha value is -3.63. The van der Waals surface area contributed by atoms with E-state index >= 15 is 0 Å². The third kappa shape index (κ3) is 4.99. The van der Waals surface area contributed by atoms with Gasteiger partial charge in [0, 0.05) is 43.9 Å². The standard InChI is InChI=1S/C27H32N8O2/c1-18-26(19(2)35-27(28-18)29-20(3)32-35)37-24-10-11-34(17-24)23-7-4-21(5-8-23)25-9-6-22(30-31-25)16-33-12-14-36-15-13-33/h4-9,24H,10-17H2,1-3H3. The number of anilines is 1. The Morgan fingerprint density at radius 1 is 0.946 bits per heavy atom. The normalized spacial score (nSPS) is 18.6. The predicted molar refractivity (Wildman–Crippen MR) is 140 cm³/mol. The SMILES string of the molecule is Cc1nc2nc(C)c(OC3CCN(c4ccc(-c5ccc(CN6CCOCC6)nn5)cc4)C3)c(C)n2n1. The monoisotopic (exact) mass is 500 g/mol. The van der Waals surface area contributed by atoms with Crippen molar-refractivity contribution in [2.75, 3.05) is 44.3 Å². The summed E-state index contributed by atoms with van der Waals surface area (Å²) >= 11 is 0. The maximum atomic E-state index is 6.44. The average Bonchev–Trinajstić information content (AvgIpc) is 3.54. The molecule has 4 aromatic rings. The molecule has 3 aromatic heterocycles. The van der Waals surface area contributed by atoms with Gasteiger partial charge in [-0.25, -0.2) is 4.98 Å². The van der Waals surface area contributed by atoms with Crippen LogP contribution in [0.15, 0.2) is 36.4 Å². The van der Waals surface area contributed by atoms with Crippen molar-refractivity contribution < 1.29 is 9.47 Å². The van der Waals surface area contributed by atoms with E-state index in [1.807, 2.05) is 20.8 Å². The molecule has 0 aliphatic carbocycles. The zero-order chi connectivity index (χ0) is 25.4. The van der Waals surface area contributed by atoms with Crippen molar-refractivity contribution in [2.24, 2.45) is 0 Å². The Morgan fingerprint density at radius 3 is 2.51 bits per heavy atom. The van der Waals surface area contributed by atoms with E-state index < -0.39 is 0 Å². The lowest BCUT2D eigenvalue weighted by atomic mass is 10.1. The number of fused-ring (bicyclic) bond motifs is 1. The van der Waals surface area contributed by atoms with E-state index in [1.165, 1.54) is 5.69 Å². The number of aryl methyl sites for hydroxylation is 3. The van der Waals surface area contributed by atoms with Crippen LogP contribution in [-0.2, 0) is 11.3 Å². The molecule has 6 rings (SSSR count). The highest BCUT2D eigenvalue weighted by atomic mass is 16.5. The minimum absolute atomic E-state index is 0.0887. The van der Waals surface area contributed by atoms with Crippen LogP contribution in [0.3, 0.4) is 0 Å². The second-order valence-electron chi connectivity index (χ2n) is 9.80. The van der Waals surface area contributed by atoms with Crippen LogP contribution in [0.5, 0.6) is 5.75 Å². The number of rotatable bonds is 6. The van der Waals surface area contributed by atoms with Gasteiger partial charge in [0.2, 0.25) is 0 Å². The van der Waals surface area contributed by atoms with Crippen LogP contribution in [0.4, 0.5) is 5.69 Å². The largest absolute Gasteiger partial charge is 0.485 e. The van der Waals surface area contributed by atoms with Crippen LogP contribution < -0.4 is 9.64 Å². The van der Waals surface area contributed by atoms with Gasteiger partial charge in [0.1, 0.15) is 11.9 Å². The van der Waals surface area contributed by atoms with Gasteiger partial charge in [-0.2, -0.15) is 19.7 Å². The van der Waals surface area contributed by atoms with Crippen molar-refractivity contribution in [1.82, 2.24) is 34.7 Å². The van der Waals surface area contributed by atoms with Crippen molar-refractivity contribution in [3.05, 3.63) is 59.3 Å². The summed E-state index contributed by atoms with van der Waals surface area (Å²) in [6, 6.07) is 12.7. The maximum absolute atomic E-state index is 6.44. The van der Waals surface area contributed by atoms with Crippen LogP contribution in [0.1, 0.15) is 29.3 Å². The first kappa shape index (κ1) is 23.7. The lowest BCUT2D eigenvalue weighted by Crippen LogP contribution is -2.35. The van der Waals surface area contributed by atoms with Gasteiger partial charge < -0.3 is 14.4 Å². The van der Waals surface area contributed by atoms with Crippen molar-refractivity contribution in [2.45, 2.75) is 39.8 Å². The Balaban J connectivity index is 1.09. The minimum Gasteiger partial charge on any atom is -0.485 e. The molecule has 2 aliphatic rings. The fourth-order valence-corrected chi connectivity index (χ4v) is 5.09. The molecule has 5 heterocycles. The van der Waals surface area contributed by atoms with Crippen LogP contribution in [-0.4, -0.2) is 80.2 Å². The molecule has 1 unspecified atom stereocenters. The Labute approximate surface area is 216 Å². The fraction of sp³-hybridized carbons (Fsp3) is 0.444. The summed E-state index contributed by atoms with van der Waals surface area (Å²) < 4.78 is 13.6. The highest BCUT2D eigenvalue weighted by Crippen LogP contribution is 2.29. The lowest BCUT2D eigenvalue weighted by Gasteiger charge is -2.25. The van der Waals surface area contributed by atoms with Crippen molar-refractivity contribution in [3.63, 3.8) is 0 Å². The molecule has 37 heavy (non-hydrogen) atoms. The second-order valence-corrected chi connectivity index (χ2v) is 9.80. The first-order valence-corrected chi connectivity index (χ1v) is 12.9. The number of hydrogen-bond acceptors (Lipinski definition) is 9. The van der Waals surface area contributed by atoms with E-state index in [0.717, 1.165) is 86.4 Å². The van der Waals surface area contributed by atoms with Crippen molar-refractivity contribution >= 4 is 11.5 Å². The molecule has 2 fully saturated rings. The summed E-state index contributed by atoms with van der Waals surface area (Å²) in [6.45, 7) is 11.9. The smallest absolute Gasteiger partial charge is 0.253 e. The number of ether oxygens (including phenoxy) is 2. The van der Waals surface area contributed by atoms with Gasteiger partial charge in [-0.1, -0.05) is 12.1 Å². The highest BCUT2D eigenvalue weighted by Gasteiger charge is 2.26. The molecule has 1 atom stereocenters. The second kappa shape index (κ2) is 10.0. The van der Waals surface area contributed by atoms with Gasteiger partial charge in [0.25, 0.3) is 5.78 Å². The van der Waals surface area contributed by atoms with E-state index in [-0.39, 0.29) is 6.10 Å². The minimum atomic E-state index is 0.0887. The molecule has 0 spiro atoms. The maximum Gasteiger partial charge on any atom is 0.253 e. The summed E-state index contributed by atoms with van der Waals surface area (Å²) in [7, 11) is 0. The molecule has 0 bridgehead atoms.